The molecule has 0 amide bonds. The van der Waals surface area contributed by atoms with Crippen molar-refractivity contribution < 1.29 is 22.3 Å². The number of nitrogens with zero attached hydrogens (tertiary/aromatic N) is 3. The van der Waals surface area contributed by atoms with Crippen LogP contribution in [0.3, 0.4) is 0 Å². The molecule has 2 heterocycles. The van der Waals surface area contributed by atoms with Crippen molar-refractivity contribution in [1.29, 1.82) is 0 Å². The standard InChI is InChI=1S/C27H25ClFN3O4S2/c1-3-36-26(33)22-15-37-27(30-22)32-23(14-16-4-5-16)20(25(31-32)18-7-9-19(29)10-8-18)12-17-6-11-24(21(28)13-17)38(2,34)35/h6-11,13,15-16H,3-5,12,14H2,1-2H3. The van der Waals surface area contributed by atoms with Gasteiger partial charge >= 0.3 is 5.97 Å². The highest BCUT2D eigenvalue weighted by molar-refractivity contribution is 7.90. The van der Waals surface area contributed by atoms with Gasteiger partial charge in [-0.3, -0.25) is 0 Å². The van der Waals surface area contributed by atoms with Crippen LogP contribution in [-0.4, -0.2) is 42.0 Å². The molecule has 2 aromatic heterocycles. The molecule has 0 saturated heterocycles. The zero-order valence-corrected chi connectivity index (χ0v) is 23.2. The van der Waals surface area contributed by atoms with Crippen LogP contribution in [-0.2, 0) is 27.4 Å². The van der Waals surface area contributed by atoms with Crippen LogP contribution in [0.5, 0.6) is 0 Å². The van der Waals surface area contributed by atoms with Gasteiger partial charge in [0.15, 0.2) is 15.5 Å². The van der Waals surface area contributed by atoms with Crippen molar-refractivity contribution in [3.63, 3.8) is 0 Å². The van der Waals surface area contributed by atoms with Gasteiger partial charge in [-0.05, 0) is 74.1 Å². The highest BCUT2D eigenvalue weighted by Crippen LogP contribution is 2.38. The minimum atomic E-state index is -3.46. The average molecular weight is 574 g/mol. The Hall–Kier alpha value is -3.08. The predicted octanol–water partition coefficient (Wildman–Crippen LogP) is 5.91. The third-order valence-corrected chi connectivity index (χ3v) is 8.72. The van der Waals surface area contributed by atoms with E-state index in [1.807, 2.05) is 0 Å². The van der Waals surface area contributed by atoms with Gasteiger partial charge in [0.2, 0.25) is 5.13 Å². The second kappa shape index (κ2) is 10.6. The lowest BCUT2D eigenvalue weighted by atomic mass is 9.97. The molecular weight excluding hydrogens is 549 g/mol. The molecule has 0 N–H and O–H groups in total. The number of ether oxygens (including phenoxy) is 1. The fourth-order valence-corrected chi connectivity index (χ4v) is 6.41. The van der Waals surface area contributed by atoms with Gasteiger partial charge in [-0.1, -0.05) is 17.7 Å². The molecule has 0 aliphatic heterocycles. The van der Waals surface area contributed by atoms with E-state index in [0.717, 1.165) is 47.9 Å². The number of hydrogen-bond donors (Lipinski definition) is 0. The lowest BCUT2D eigenvalue weighted by Crippen LogP contribution is -2.08. The van der Waals surface area contributed by atoms with E-state index in [9.17, 15) is 17.6 Å². The average Bonchev–Trinajstić information content (AvgIpc) is 3.42. The minimum Gasteiger partial charge on any atom is -0.461 e. The molecule has 1 aliphatic rings. The first-order valence-corrected chi connectivity index (χ1v) is 15.3. The van der Waals surface area contributed by atoms with Crippen LogP contribution in [0.4, 0.5) is 4.39 Å². The second-order valence-corrected chi connectivity index (χ2v) is 12.5. The number of sulfone groups is 1. The summed E-state index contributed by atoms with van der Waals surface area (Å²) in [6.45, 7) is 1.99. The SMILES string of the molecule is CCOC(=O)c1csc(-n2nc(-c3ccc(F)cc3)c(Cc3ccc(S(C)(=O)=O)c(Cl)c3)c2CC2CC2)n1. The van der Waals surface area contributed by atoms with Gasteiger partial charge in [-0.25, -0.2) is 27.3 Å². The summed E-state index contributed by atoms with van der Waals surface area (Å²) in [5.41, 5.74) is 4.29. The summed E-state index contributed by atoms with van der Waals surface area (Å²) in [5, 5.41) is 7.25. The molecule has 1 fully saturated rings. The van der Waals surface area contributed by atoms with Crippen molar-refractivity contribution in [2.45, 2.75) is 37.5 Å². The van der Waals surface area contributed by atoms with Crippen LogP contribution in [0.2, 0.25) is 5.02 Å². The van der Waals surface area contributed by atoms with Gasteiger partial charge < -0.3 is 4.74 Å². The van der Waals surface area contributed by atoms with Crippen molar-refractivity contribution in [2.75, 3.05) is 12.9 Å². The molecule has 5 rings (SSSR count). The summed E-state index contributed by atoms with van der Waals surface area (Å²) >= 11 is 7.65. The Morgan fingerprint density at radius 3 is 2.58 bits per heavy atom. The van der Waals surface area contributed by atoms with Gasteiger partial charge in [0, 0.05) is 29.2 Å². The van der Waals surface area contributed by atoms with Gasteiger partial charge in [0.25, 0.3) is 0 Å². The molecule has 1 saturated carbocycles. The number of aromatic nitrogens is 3. The maximum absolute atomic E-state index is 13.8. The van der Waals surface area contributed by atoms with Crippen LogP contribution in [0, 0.1) is 11.7 Å². The molecular formula is C27H25ClFN3O4S2. The van der Waals surface area contributed by atoms with Crippen LogP contribution >= 0.6 is 22.9 Å². The van der Waals surface area contributed by atoms with Crippen molar-refractivity contribution in [2.24, 2.45) is 5.92 Å². The second-order valence-electron chi connectivity index (χ2n) is 9.29. The Balaban J connectivity index is 1.64. The Morgan fingerprint density at radius 1 is 1.21 bits per heavy atom. The lowest BCUT2D eigenvalue weighted by molar-refractivity contribution is 0.0520. The number of carbonyl (C=O) groups is 1. The van der Waals surface area contributed by atoms with E-state index in [1.165, 1.54) is 29.5 Å². The van der Waals surface area contributed by atoms with Crippen molar-refractivity contribution in [3.05, 3.63) is 81.2 Å². The molecule has 0 spiro atoms. The first-order valence-electron chi connectivity index (χ1n) is 12.1. The molecule has 11 heteroatoms. The van der Waals surface area contributed by atoms with Gasteiger partial charge in [-0.2, -0.15) is 5.10 Å². The highest BCUT2D eigenvalue weighted by Gasteiger charge is 2.29. The van der Waals surface area contributed by atoms with Crippen LogP contribution < -0.4 is 0 Å². The van der Waals surface area contributed by atoms with Gasteiger partial charge in [0.05, 0.1) is 27.9 Å². The number of thiazole rings is 1. The first kappa shape index (κ1) is 26.5. The van der Waals surface area contributed by atoms with Crippen molar-refractivity contribution in [1.82, 2.24) is 14.8 Å². The summed E-state index contributed by atoms with van der Waals surface area (Å²) in [4.78, 5) is 16.8. The Morgan fingerprint density at radius 2 is 1.95 bits per heavy atom. The fourth-order valence-electron chi connectivity index (χ4n) is 4.29. The summed E-state index contributed by atoms with van der Waals surface area (Å²) in [7, 11) is -3.46. The van der Waals surface area contributed by atoms with Crippen molar-refractivity contribution in [3.8, 4) is 16.4 Å². The first-order chi connectivity index (χ1) is 18.1. The topological polar surface area (TPSA) is 91.2 Å². The maximum Gasteiger partial charge on any atom is 0.357 e. The number of benzene rings is 2. The molecule has 0 unspecified atom stereocenters. The molecule has 198 valence electrons. The Kier molecular flexibility index (Phi) is 7.39. The van der Waals surface area contributed by atoms with E-state index >= 15 is 0 Å². The smallest absolute Gasteiger partial charge is 0.357 e. The van der Waals surface area contributed by atoms with Gasteiger partial charge in [0.1, 0.15) is 5.82 Å². The Labute approximate surface area is 229 Å². The number of carbonyl (C=O) groups excluding carboxylic acids is 1. The summed E-state index contributed by atoms with van der Waals surface area (Å²) in [6.07, 6.45) is 4.52. The predicted molar refractivity (Wildman–Crippen MR) is 144 cm³/mol. The molecule has 2 aromatic carbocycles. The quantitative estimate of drug-likeness (QED) is 0.231. The normalized spacial score (nSPS) is 13.6. The third-order valence-electron chi connectivity index (χ3n) is 6.32. The lowest BCUT2D eigenvalue weighted by Gasteiger charge is -2.10. The minimum absolute atomic E-state index is 0.0739. The molecule has 1 aliphatic carbocycles. The zero-order chi connectivity index (χ0) is 27.0. The van der Waals surface area contributed by atoms with E-state index in [-0.39, 0.29) is 28.0 Å². The highest BCUT2D eigenvalue weighted by atomic mass is 35.5. The molecule has 0 bridgehead atoms. The monoisotopic (exact) mass is 573 g/mol. The zero-order valence-electron chi connectivity index (χ0n) is 20.8. The molecule has 0 radical (unpaired) electrons. The van der Waals surface area contributed by atoms with E-state index in [1.54, 1.807) is 41.3 Å². The third kappa shape index (κ3) is 5.67. The molecule has 38 heavy (non-hydrogen) atoms. The van der Waals surface area contributed by atoms with Crippen LogP contribution in [0.25, 0.3) is 16.4 Å². The fraction of sp³-hybridized carbons (Fsp3) is 0.296. The van der Waals surface area contributed by atoms with Crippen LogP contribution in [0.15, 0.2) is 52.7 Å². The largest absolute Gasteiger partial charge is 0.461 e. The number of halogens is 2. The van der Waals surface area contributed by atoms with E-state index in [2.05, 4.69) is 4.98 Å². The van der Waals surface area contributed by atoms with E-state index in [0.29, 0.717) is 23.2 Å². The van der Waals surface area contributed by atoms with Gasteiger partial charge in [-0.15, -0.1) is 11.3 Å². The van der Waals surface area contributed by atoms with Crippen molar-refractivity contribution >= 4 is 38.7 Å². The number of hydrogen-bond acceptors (Lipinski definition) is 7. The summed E-state index contributed by atoms with van der Waals surface area (Å²) < 4.78 is 44.7. The maximum atomic E-state index is 13.8. The number of esters is 1. The van der Waals surface area contributed by atoms with E-state index in [4.69, 9.17) is 21.4 Å². The van der Waals surface area contributed by atoms with E-state index < -0.39 is 15.8 Å². The molecule has 7 nitrogen and oxygen atoms in total. The molecule has 4 aromatic rings. The number of rotatable bonds is 9. The molecule has 0 atom stereocenters. The summed E-state index contributed by atoms with van der Waals surface area (Å²) in [5.74, 6) is -0.341. The van der Waals surface area contributed by atoms with Crippen LogP contribution in [0.1, 0.15) is 47.1 Å². The Bertz CT molecular complexity index is 1610. The summed E-state index contributed by atoms with van der Waals surface area (Å²) in [6, 6.07) is 11.1.